The molecule has 2 heterocycles. The van der Waals surface area contributed by atoms with Crippen molar-refractivity contribution >= 4 is 16.7 Å². The second kappa shape index (κ2) is 2.27. The SMILES string of the molecule is CNc1cnc2[nH]ccc2c1. The summed E-state index contributed by atoms with van der Waals surface area (Å²) in [5, 5.41) is 4.17. The smallest absolute Gasteiger partial charge is 0.137 e. The quantitative estimate of drug-likeness (QED) is 0.643. The van der Waals surface area contributed by atoms with E-state index in [1.165, 1.54) is 0 Å². The van der Waals surface area contributed by atoms with Crippen LogP contribution in [0, 0.1) is 0 Å². The van der Waals surface area contributed by atoms with Gasteiger partial charge in [-0.25, -0.2) is 4.98 Å². The number of nitrogens with zero attached hydrogens (tertiary/aromatic N) is 1. The zero-order valence-corrected chi connectivity index (χ0v) is 6.26. The molecule has 0 fully saturated rings. The molecule has 0 aliphatic heterocycles. The van der Waals surface area contributed by atoms with Gasteiger partial charge in [0.05, 0.1) is 11.9 Å². The van der Waals surface area contributed by atoms with Crippen molar-refractivity contribution in [3.63, 3.8) is 0 Å². The third-order valence-electron chi connectivity index (χ3n) is 1.69. The number of anilines is 1. The van der Waals surface area contributed by atoms with Gasteiger partial charge in [0.2, 0.25) is 0 Å². The topological polar surface area (TPSA) is 40.7 Å². The van der Waals surface area contributed by atoms with Crippen molar-refractivity contribution in [1.29, 1.82) is 0 Å². The van der Waals surface area contributed by atoms with E-state index >= 15 is 0 Å². The molecule has 2 N–H and O–H groups in total. The zero-order valence-electron chi connectivity index (χ0n) is 6.26. The molecule has 0 saturated heterocycles. The minimum Gasteiger partial charge on any atom is -0.387 e. The third kappa shape index (κ3) is 0.941. The molecule has 0 aromatic carbocycles. The maximum absolute atomic E-state index is 4.19. The molecular weight excluding hydrogens is 138 g/mol. The molecule has 0 aliphatic rings. The van der Waals surface area contributed by atoms with E-state index in [2.05, 4.69) is 21.4 Å². The molecule has 0 aliphatic carbocycles. The number of nitrogens with one attached hydrogen (secondary N) is 2. The predicted molar refractivity (Wildman–Crippen MR) is 45.6 cm³/mol. The Morgan fingerprint density at radius 2 is 2.45 bits per heavy atom. The maximum atomic E-state index is 4.19. The van der Waals surface area contributed by atoms with Crippen molar-refractivity contribution in [3.8, 4) is 0 Å². The molecule has 0 radical (unpaired) electrons. The summed E-state index contributed by atoms with van der Waals surface area (Å²) in [7, 11) is 1.88. The van der Waals surface area contributed by atoms with Gasteiger partial charge >= 0.3 is 0 Å². The van der Waals surface area contributed by atoms with Gasteiger partial charge in [-0.1, -0.05) is 0 Å². The molecule has 56 valence electrons. The van der Waals surface area contributed by atoms with E-state index in [-0.39, 0.29) is 0 Å². The first kappa shape index (κ1) is 6.22. The van der Waals surface area contributed by atoms with Gasteiger partial charge in [-0.15, -0.1) is 0 Å². The van der Waals surface area contributed by atoms with Crippen molar-refractivity contribution in [2.75, 3.05) is 12.4 Å². The lowest BCUT2D eigenvalue weighted by Gasteiger charge is -1.96. The van der Waals surface area contributed by atoms with Crippen molar-refractivity contribution in [3.05, 3.63) is 24.5 Å². The lowest BCUT2D eigenvalue weighted by molar-refractivity contribution is 1.31. The number of rotatable bonds is 1. The number of H-pyrrole nitrogens is 1. The van der Waals surface area contributed by atoms with Crippen molar-refractivity contribution in [2.24, 2.45) is 0 Å². The van der Waals surface area contributed by atoms with E-state index in [1.54, 1.807) is 6.20 Å². The molecule has 3 heteroatoms. The summed E-state index contributed by atoms with van der Waals surface area (Å²) in [6, 6.07) is 4.06. The first-order valence-corrected chi connectivity index (χ1v) is 3.51. The fourth-order valence-corrected chi connectivity index (χ4v) is 1.08. The maximum Gasteiger partial charge on any atom is 0.137 e. The van der Waals surface area contributed by atoms with Crippen LogP contribution in [0.3, 0.4) is 0 Å². The van der Waals surface area contributed by atoms with Crippen LogP contribution in [-0.2, 0) is 0 Å². The Hall–Kier alpha value is -1.51. The number of hydrogen-bond acceptors (Lipinski definition) is 2. The molecule has 0 amide bonds. The van der Waals surface area contributed by atoms with Gasteiger partial charge in [0, 0.05) is 18.6 Å². The summed E-state index contributed by atoms with van der Waals surface area (Å²) in [5.74, 6) is 0. The molecule has 0 unspecified atom stereocenters. The van der Waals surface area contributed by atoms with Crippen LogP contribution in [-0.4, -0.2) is 17.0 Å². The van der Waals surface area contributed by atoms with Crippen molar-refractivity contribution in [2.45, 2.75) is 0 Å². The third-order valence-corrected chi connectivity index (χ3v) is 1.69. The van der Waals surface area contributed by atoms with E-state index in [0.29, 0.717) is 0 Å². The van der Waals surface area contributed by atoms with Gasteiger partial charge in [-0.3, -0.25) is 0 Å². The molecule has 3 nitrogen and oxygen atoms in total. The van der Waals surface area contributed by atoms with Crippen molar-refractivity contribution in [1.82, 2.24) is 9.97 Å². The van der Waals surface area contributed by atoms with E-state index in [4.69, 9.17) is 0 Å². The van der Waals surface area contributed by atoms with E-state index < -0.39 is 0 Å². The Bertz CT molecular complexity index is 364. The molecule has 2 aromatic heterocycles. The predicted octanol–water partition coefficient (Wildman–Crippen LogP) is 1.60. The first-order chi connectivity index (χ1) is 5.40. The van der Waals surface area contributed by atoms with Gasteiger partial charge in [-0.2, -0.15) is 0 Å². The number of pyridine rings is 1. The van der Waals surface area contributed by atoms with Gasteiger partial charge in [0.25, 0.3) is 0 Å². The van der Waals surface area contributed by atoms with Crippen LogP contribution in [0.25, 0.3) is 11.0 Å². The van der Waals surface area contributed by atoms with Gasteiger partial charge < -0.3 is 10.3 Å². The van der Waals surface area contributed by atoms with Crippen LogP contribution in [0.1, 0.15) is 0 Å². The molecule has 11 heavy (non-hydrogen) atoms. The lowest BCUT2D eigenvalue weighted by Crippen LogP contribution is -1.88. The Kier molecular flexibility index (Phi) is 1.28. The fourth-order valence-electron chi connectivity index (χ4n) is 1.08. The van der Waals surface area contributed by atoms with Crippen LogP contribution in [0.2, 0.25) is 0 Å². The second-order valence-corrected chi connectivity index (χ2v) is 2.39. The highest BCUT2D eigenvalue weighted by atomic mass is 14.9. The van der Waals surface area contributed by atoms with Crippen LogP contribution in [0.4, 0.5) is 5.69 Å². The summed E-state index contributed by atoms with van der Waals surface area (Å²) in [4.78, 5) is 7.23. The summed E-state index contributed by atoms with van der Waals surface area (Å²) in [6.07, 6.45) is 3.69. The van der Waals surface area contributed by atoms with Gasteiger partial charge in [0.1, 0.15) is 5.65 Å². The molecule has 2 rings (SSSR count). The average Bonchev–Trinajstić information content (AvgIpc) is 2.50. The van der Waals surface area contributed by atoms with E-state index in [9.17, 15) is 0 Å². The molecule has 0 spiro atoms. The highest BCUT2D eigenvalue weighted by Gasteiger charge is 1.94. The van der Waals surface area contributed by atoms with Crippen molar-refractivity contribution < 1.29 is 0 Å². The molecule has 0 atom stereocenters. The zero-order chi connectivity index (χ0) is 7.68. The van der Waals surface area contributed by atoms with E-state index in [0.717, 1.165) is 16.7 Å². The van der Waals surface area contributed by atoms with Gasteiger partial charge in [0.15, 0.2) is 0 Å². The summed E-state index contributed by atoms with van der Waals surface area (Å²) in [5.41, 5.74) is 1.97. The molecule has 0 bridgehead atoms. The minimum absolute atomic E-state index is 0.934. The molecular formula is C8H9N3. The minimum atomic E-state index is 0.934. The number of hydrogen-bond donors (Lipinski definition) is 2. The normalized spacial score (nSPS) is 10.3. The first-order valence-electron chi connectivity index (χ1n) is 3.51. The highest BCUT2D eigenvalue weighted by molar-refractivity contribution is 5.78. The van der Waals surface area contributed by atoms with Crippen LogP contribution >= 0.6 is 0 Å². The van der Waals surface area contributed by atoms with Crippen LogP contribution in [0.15, 0.2) is 24.5 Å². The standard InChI is InChI=1S/C8H9N3/c1-9-7-4-6-2-3-10-8(6)11-5-7/h2-5,9H,1H3,(H,10,11). The number of aromatic nitrogens is 2. The Balaban J connectivity index is 2.67. The Morgan fingerprint density at radius 3 is 3.27 bits per heavy atom. The van der Waals surface area contributed by atoms with E-state index in [1.807, 2.05) is 19.3 Å². The lowest BCUT2D eigenvalue weighted by atomic mass is 10.3. The average molecular weight is 147 g/mol. The number of aromatic amines is 1. The molecule has 2 aromatic rings. The summed E-state index contributed by atoms with van der Waals surface area (Å²) < 4.78 is 0. The van der Waals surface area contributed by atoms with Crippen LogP contribution in [0.5, 0.6) is 0 Å². The second-order valence-electron chi connectivity index (χ2n) is 2.39. The van der Waals surface area contributed by atoms with Crippen LogP contribution < -0.4 is 5.32 Å². The number of fused-ring (bicyclic) bond motifs is 1. The Labute approximate surface area is 64.5 Å². The highest BCUT2D eigenvalue weighted by Crippen LogP contribution is 2.13. The summed E-state index contributed by atoms with van der Waals surface area (Å²) in [6.45, 7) is 0. The Morgan fingerprint density at radius 1 is 1.55 bits per heavy atom. The summed E-state index contributed by atoms with van der Waals surface area (Å²) >= 11 is 0. The molecule has 0 saturated carbocycles. The fraction of sp³-hybridized carbons (Fsp3) is 0.125. The van der Waals surface area contributed by atoms with Gasteiger partial charge in [-0.05, 0) is 12.1 Å². The largest absolute Gasteiger partial charge is 0.387 e. The monoisotopic (exact) mass is 147 g/mol.